The van der Waals surface area contributed by atoms with Gasteiger partial charge in [0.15, 0.2) is 0 Å². The largest absolute Gasteiger partial charge is 0.466 e. The van der Waals surface area contributed by atoms with E-state index in [1.54, 1.807) is 22.8 Å². The van der Waals surface area contributed by atoms with Gasteiger partial charge in [-0.15, -0.1) is 11.3 Å². The van der Waals surface area contributed by atoms with Crippen LogP contribution in [-0.4, -0.2) is 40.1 Å². The Labute approximate surface area is 151 Å². The summed E-state index contributed by atoms with van der Waals surface area (Å²) in [6, 6.07) is 0. The Bertz CT molecular complexity index is 834. The highest BCUT2D eigenvalue weighted by Gasteiger charge is 2.20. The maximum atomic E-state index is 13.1. The third kappa shape index (κ3) is 3.77. The molecule has 0 bridgehead atoms. The predicted molar refractivity (Wildman–Crippen MR) is 99.1 cm³/mol. The molecule has 0 unspecified atom stereocenters. The van der Waals surface area contributed by atoms with E-state index in [0.29, 0.717) is 25.1 Å². The average molecular weight is 363 g/mol. The summed E-state index contributed by atoms with van der Waals surface area (Å²) in [6.45, 7) is 9.17. The molecule has 7 heteroatoms. The van der Waals surface area contributed by atoms with Crippen molar-refractivity contribution in [1.29, 1.82) is 0 Å². The van der Waals surface area contributed by atoms with E-state index in [0.717, 1.165) is 34.2 Å². The minimum Gasteiger partial charge on any atom is -0.466 e. The molecule has 0 amide bonds. The molecule has 2 aromatic rings. The van der Waals surface area contributed by atoms with Crippen LogP contribution >= 0.6 is 11.3 Å². The van der Waals surface area contributed by atoms with Crippen molar-refractivity contribution in [3.63, 3.8) is 0 Å². The molecule has 0 radical (unpaired) electrons. The van der Waals surface area contributed by atoms with Gasteiger partial charge in [0, 0.05) is 11.4 Å². The van der Waals surface area contributed by atoms with Gasteiger partial charge in [-0.05, 0) is 52.3 Å². The Morgan fingerprint density at radius 2 is 2.00 bits per heavy atom. The van der Waals surface area contributed by atoms with Crippen LogP contribution in [0.4, 0.5) is 0 Å². The lowest BCUT2D eigenvalue weighted by molar-refractivity contribution is -0.143. The van der Waals surface area contributed by atoms with Crippen LogP contribution in [0.15, 0.2) is 4.79 Å². The molecule has 0 saturated carbocycles. The molecular formula is C18H25N3O3S. The minimum absolute atomic E-state index is 0.0367. The van der Waals surface area contributed by atoms with Crippen molar-refractivity contribution < 1.29 is 9.53 Å². The normalized spacial score (nSPS) is 15.2. The number of nitrogens with zero attached hydrogens (tertiary/aromatic N) is 3. The van der Waals surface area contributed by atoms with Gasteiger partial charge in [-0.25, -0.2) is 4.98 Å². The predicted octanol–water partition coefficient (Wildman–Crippen LogP) is 2.62. The van der Waals surface area contributed by atoms with Crippen molar-refractivity contribution in [2.45, 2.75) is 53.1 Å². The molecule has 2 aromatic heterocycles. The molecule has 3 rings (SSSR count). The van der Waals surface area contributed by atoms with E-state index in [1.807, 2.05) is 13.8 Å². The van der Waals surface area contributed by atoms with Crippen LogP contribution in [0.3, 0.4) is 0 Å². The zero-order valence-electron chi connectivity index (χ0n) is 15.1. The number of rotatable bonds is 6. The fourth-order valence-electron chi connectivity index (χ4n) is 3.30. The third-order valence-electron chi connectivity index (χ3n) is 4.78. The Morgan fingerprint density at radius 1 is 1.28 bits per heavy atom. The number of hydrogen-bond acceptors (Lipinski definition) is 6. The molecule has 6 nitrogen and oxygen atoms in total. The number of ether oxygens (including phenoxy) is 1. The van der Waals surface area contributed by atoms with Crippen LogP contribution in [-0.2, 0) is 22.6 Å². The topological polar surface area (TPSA) is 64.4 Å². The number of carbonyl (C=O) groups is 1. The molecule has 1 aliphatic heterocycles. The van der Waals surface area contributed by atoms with E-state index in [-0.39, 0.29) is 17.9 Å². The Kier molecular flexibility index (Phi) is 5.54. The first-order valence-electron chi connectivity index (χ1n) is 8.88. The quantitative estimate of drug-likeness (QED) is 0.738. The second-order valence-electron chi connectivity index (χ2n) is 6.49. The van der Waals surface area contributed by atoms with Crippen LogP contribution < -0.4 is 5.56 Å². The lowest BCUT2D eigenvalue weighted by Gasteiger charge is -2.18. The lowest BCUT2D eigenvalue weighted by Crippen LogP contribution is -2.30. The molecule has 1 aliphatic rings. The van der Waals surface area contributed by atoms with Gasteiger partial charge in [-0.3, -0.25) is 19.1 Å². The van der Waals surface area contributed by atoms with Gasteiger partial charge in [0.1, 0.15) is 10.7 Å². The lowest BCUT2D eigenvalue weighted by atomic mass is 10.2. The molecule has 0 aromatic carbocycles. The Morgan fingerprint density at radius 3 is 2.68 bits per heavy atom. The monoisotopic (exact) mass is 363 g/mol. The maximum absolute atomic E-state index is 13.1. The zero-order chi connectivity index (χ0) is 18.0. The van der Waals surface area contributed by atoms with Crippen LogP contribution in [0.5, 0.6) is 0 Å². The van der Waals surface area contributed by atoms with Crippen LogP contribution in [0.2, 0.25) is 0 Å². The summed E-state index contributed by atoms with van der Waals surface area (Å²) in [7, 11) is 0. The van der Waals surface area contributed by atoms with Gasteiger partial charge in [0.2, 0.25) is 0 Å². The molecule has 1 saturated heterocycles. The first kappa shape index (κ1) is 18.1. The third-order valence-corrected chi connectivity index (χ3v) is 5.88. The highest BCUT2D eigenvalue weighted by atomic mass is 32.1. The molecule has 0 spiro atoms. The number of carbonyl (C=O) groups excluding carboxylic acids is 1. The summed E-state index contributed by atoms with van der Waals surface area (Å²) in [5.41, 5.74) is 0.959. The maximum Gasteiger partial charge on any atom is 0.307 e. The van der Waals surface area contributed by atoms with Crippen molar-refractivity contribution >= 4 is 27.5 Å². The van der Waals surface area contributed by atoms with Gasteiger partial charge in [0.05, 0.1) is 25.0 Å². The first-order valence-corrected chi connectivity index (χ1v) is 9.70. The summed E-state index contributed by atoms with van der Waals surface area (Å²) in [6.07, 6.45) is 2.56. The first-order chi connectivity index (χ1) is 12.0. The minimum atomic E-state index is -0.278. The van der Waals surface area contributed by atoms with Crippen LogP contribution in [0.25, 0.3) is 10.2 Å². The number of aromatic nitrogens is 2. The number of esters is 1. The van der Waals surface area contributed by atoms with Crippen LogP contribution in [0.1, 0.15) is 42.5 Å². The number of fused-ring (bicyclic) bond motifs is 1. The highest BCUT2D eigenvalue weighted by Crippen LogP contribution is 2.26. The summed E-state index contributed by atoms with van der Waals surface area (Å²) in [5.74, 6) is 0.477. The van der Waals surface area contributed by atoms with E-state index >= 15 is 0 Å². The second kappa shape index (κ2) is 7.66. The summed E-state index contributed by atoms with van der Waals surface area (Å²) >= 11 is 1.57. The molecule has 3 heterocycles. The second-order valence-corrected chi connectivity index (χ2v) is 7.69. The van der Waals surface area contributed by atoms with Crippen molar-refractivity contribution in [2.75, 3.05) is 19.7 Å². The zero-order valence-corrected chi connectivity index (χ0v) is 15.9. The molecular weight excluding hydrogens is 338 g/mol. The fraction of sp³-hybridized carbons (Fsp3) is 0.611. The Hall–Kier alpha value is -1.73. The van der Waals surface area contributed by atoms with Crippen molar-refractivity contribution in [1.82, 2.24) is 14.5 Å². The van der Waals surface area contributed by atoms with Gasteiger partial charge >= 0.3 is 5.97 Å². The van der Waals surface area contributed by atoms with E-state index in [2.05, 4.69) is 4.90 Å². The molecule has 0 atom stereocenters. The molecule has 25 heavy (non-hydrogen) atoms. The molecule has 1 fully saturated rings. The van der Waals surface area contributed by atoms with Crippen LogP contribution in [0, 0.1) is 13.8 Å². The average Bonchev–Trinajstić information content (AvgIpc) is 3.16. The van der Waals surface area contributed by atoms with Gasteiger partial charge < -0.3 is 4.74 Å². The standard InChI is InChI=1S/C18H25N3O3S/c1-4-24-15(22)7-10-21-14(11-20-8-5-6-9-20)19-17-16(18(21)23)12(2)13(3)25-17/h4-11H2,1-3H3. The van der Waals surface area contributed by atoms with Crippen molar-refractivity contribution in [3.05, 3.63) is 26.6 Å². The number of likely N-dealkylation sites (tertiary alicyclic amines) is 1. The van der Waals surface area contributed by atoms with Gasteiger partial charge in [-0.2, -0.15) is 0 Å². The smallest absolute Gasteiger partial charge is 0.307 e. The molecule has 0 aliphatic carbocycles. The SMILES string of the molecule is CCOC(=O)CCn1c(CN2CCCC2)nc2sc(C)c(C)c2c1=O. The van der Waals surface area contributed by atoms with Crippen molar-refractivity contribution in [3.8, 4) is 0 Å². The summed E-state index contributed by atoms with van der Waals surface area (Å²) < 4.78 is 6.69. The van der Waals surface area contributed by atoms with Gasteiger partial charge in [-0.1, -0.05) is 0 Å². The highest BCUT2D eigenvalue weighted by molar-refractivity contribution is 7.18. The van der Waals surface area contributed by atoms with E-state index in [4.69, 9.17) is 9.72 Å². The van der Waals surface area contributed by atoms with Gasteiger partial charge in [0.25, 0.3) is 5.56 Å². The van der Waals surface area contributed by atoms with E-state index in [1.165, 1.54) is 12.8 Å². The van der Waals surface area contributed by atoms with E-state index in [9.17, 15) is 9.59 Å². The fourth-order valence-corrected chi connectivity index (χ4v) is 4.34. The molecule has 136 valence electrons. The summed E-state index contributed by atoms with van der Waals surface area (Å²) in [4.78, 5) is 33.9. The molecule has 0 N–H and O–H groups in total. The van der Waals surface area contributed by atoms with E-state index < -0.39 is 0 Å². The number of aryl methyl sites for hydroxylation is 2. The number of thiophene rings is 1. The number of hydrogen-bond donors (Lipinski definition) is 0. The van der Waals surface area contributed by atoms with Crippen molar-refractivity contribution in [2.24, 2.45) is 0 Å². The summed E-state index contributed by atoms with van der Waals surface area (Å²) in [5, 5.41) is 0.691. The Balaban J connectivity index is 1.99.